The van der Waals surface area contributed by atoms with E-state index in [9.17, 15) is 4.79 Å². The van der Waals surface area contributed by atoms with Crippen LogP contribution in [0.2, 0.25) is 0 Å². The third-order valence-electron chi connectivity index (χ3n) is 1.22. The molecule has 4 nitrogen and oxygen atoms in total. The molecule has 0 bridgehead atoms. The first-order valence-corrected chi connectivity index (χ1v) is 2.67. The highest BCUT2D eigenvalue weighted by atomic mass is 16.4. The van der Waals surface area contributed by atoms with Crippen LogP contribution in [0.4, 0.5) is 0 Å². The van der Waals surface area contributed by atoms with E-state index in [2.05, 4.69) is 4.99 Å². The van der Waals surface area contributed by atoms with Crippen LogP contribution in [0.15, 0.2) is 4.99 Å². The molecule has 50 valence electrons. The zero-order chi connectivity index (χ0) is 6.85. The van der Waals surface area contributed by atoms with Crippen LogP contribution in [-0.4, -0.2) is 34.5 Å². The Kier molecular flexibility index (Phi) is 1.48. The third kappa shape index (κ3) is 1.08. The minimum absolute atomic E-state index is 0.102. The molecule has 0 spiro atoms. The van der Waals surface area contributed by atoms with Crippen LogP contribution in [-0.2, 0) is 4.79 Å². The van der Waals surface area contributed by atoms with Gasteiger partial charge in [-0.15, -0.1) is 0 Å². The van der Waals surface area contributed by atoms with Crippen molar-refractivity contribution in [3.05, 3.63) is 0 Å². The molecule has 0 aromatic rings. The third-order valence-corrected chi connectivity index (χ3v) is 1.22. The van der Waals surface area contributed by atoms with Crippen LogP contribution in [0.1, 0.15) is 6.42 Å². The lowest BCUT2D eigenvalue weighted by Gasteiger charge is -1.97. The molecular formula is C5H7NO3. The van der Waals surface area contributed by atoms with E-state index in [4.69, 9.17) is 10.2 Å². The van der Waals surface area contributed by atoms with Gasteiger partial charge in [-0.2, -0.15) is 0 Å². The van der Waals surface area contributed by atoms with Gasteiger partial charge < -0.3 is 10.2 Å². The molecule has 9 heavy (non-hydrogen) atoms. The monoisotopic (exact) mass is 129 g/mol. The van der Waals surface area contributed by atoms with Crippen molar-refractivity contribution < 1.29 is 15.0 Å². The number of aliphatic hydroxyl groups excluding tert-OH is 1. The van der Waals surface area contributed by atoms with Crippen LogP contribution in [0.3, 0.4) is 0 Å². The van der Waals surface area contributed by atoms with Crippen molar-refractivity contribution in [3.63, 3.8) is 0 Å². The lowest BCUT2D eigenvalue weighted by Crippen LogP contribution is -2.23. The molecule has 4 heteroatoms. The number of aliphatic carboxylic acids is 1. The minimum Gasteiger partial charge on any atom is -0.477 e. The van der Waals surface area contributed by atoms with E-state index < -0.39 is 12.1 Å². The Balaban J connectivity index is 2.68. The van der Waals surface area contributed by atoms with Crippen LogP contribution >= 0.6 is 0 Å². The summed E-state index contributed by atoms with van der Waals surface area (Å²) in [4.78, 5) is 13.7. The lowest BCUT2D eigenvalue weighted by atomic mass is 10.2. The fraction of sp³-hybridized carbons (Fsp3) is 0.600. The fourth-order valence-corrected chi connectivity index (χ4v) is 0.760. The molecule has 2 N–H and O–H groups in total. The van der Waals surface area contributed by atoms with E-state index in [1.54, 1.807) is 0 Å². The van der Waals surface area contributed by atoms with Gasteiger partial charge in [0.1, 0.15) is 11.8 Å². The number of carboxylic acids is 1. The van der Waals surface area contributed by atoms with Crippen molar-refractivity contribution >= 4 is 11.7 Å². The predicted molar refractivity (Wildman–Crippen MR) is 30.6 cm³/mol. The number of hydrogen-bond acceptors (Lipinski definition) is 3. The molecule has 1 heterocycles. The van der Waals surface area contributed by atoms with Crippen LogP contribution < -0.4 is 0 Å². The molecule has 1 atom stereocenters. The van der Waals surface area contributed by atoms with Gasteiger partial charge in [0.05, 0.1) is 0 Å². The average molecular weight is 129 g/mol. The maximum absolute atomic E-state index is 10.1. The van der Waals surface area contributed by atoms with Gasteiger partial charge in [-0.25, -0.2) is 4.79 Å². The van der Waals surface area contributed by atoms with Gasteiger partial charge in [-0.05, 0) is 6.42 Å². The molecule has 0 aromatic heterocycles. The van der Waals surface area contributed by atoms with Crippen molar-refractivity contribution in [3.8, 4) is 0 Å². The van der Waals surface area contributed by atoms with E-state index in [0.717, 1.165) is 0 Å². The second-order valence-electron chi connectivity index (χ2n) is 1.88. The minimum atomic E-state index is -1.11. The molecule has 0 unspecified atom stereocenters. The Morgan fingerprint density at radius 3 is 2.67 bits per heavy atom. The van der Waals surface area contributed by atoms with Gasteiger partial charge >= 0.3 is 5.97 Å². The van der Waals surface area contributed by atoms with Crippen molar-refractivity contribution in [1.82, 2.24) is 0 Å². The molecule has 1 aliphatic rings. The summed E-state index contributed by atoms with van der Waals surface area (Å²) in [5.74, 6) is -1.11. The Hall–Kier alpha value is -0.900. The molecule has 0 radical (unpaired) electrons. The Morgan fingerprint density at radius 2 is 2.44 bits per heavy atom. The van der Waals surface area contributed by atoms with Crippen LogP contribution in [0, 0.1) is 0 Å². The van der Waals surface area contributed by atoms with Gasteiger partial charge in [0, 0.05) is 6.54 Å². The van der Waals surface area contributed by atoms with Crippen molar-refractivity contribution in [1.29, 1.82) is 0 Å². The number of aliphatic imine (C=N–C) groups is 1. The zero-order valence-electron chi connectivity index (χ0n) is 4.74. The summed E-state index contributed by atoms with van der Waals surface area (Å²) in [7, 11) is 0. The number of aliphatic hydroxyl groups is 1. The van der Waals surface area contributed by atoms with Gasteiger partial charge in [0.15, 0.2) is 0 Å². The molecule has 0 amide bonds. The molecular weight excluding hydrogens is 122 g/mol. The lowest BCUT2D eigenvalue weighted by molar-refractivity contribution is -0.129. The largest absolute Gasteiger partial charge is 0.477 e. The molecule has 1 rings (SSSR count). The number of carboxylic acid groups (broad SMARTS) is 1. The second kappa shape index (κ2) is 2.14. The summed E-state index contributed by atoms with van der Waals surface area (Å²) >= 11 is 0. The van der Waals surface area contributed by atoms with Gasteiger partial charge in [-0.3, -0.25) is 4.99 Å². The number of hydrogen-bond donors (Lipinski definition) is 2. The standard InChI is InChI=1S/C5H7NO3/c7-3-1-2-6-4(3)5(8)9/h3,7H,1-2H2,(H,8,9)/t3-/m0/s1. The average Bonchev–Trinajstić information content (AvgIpc) is 2.13. The zero-order valence-corrected chi connectivity index (χ0v) is 4.74. The number of carbonyl (C=O) groups is 1. The van der Waals surface area contributed by atoms with Crippen molar-refractivity contribution in [2.75, 3.05) is 6.54 Å². The molecule has 0 saturated carbocycles. The quantitative estimate of drug-likeness (QED) is 0.490. The first-order chi connectivity index (χ1) is 4.22. The Morgan fingerprint density at radius 1 is 1.78 bits per heavy atom. The van der Waals surface area contributed by atoms with Gasteiger partial charge in [-0.1, -0.05) is 0 Å². The smallest absolute Gasteiger partial charge is 0.352 e. The van der Waals surface area contributed by atoms with Crippen LogP contribution in [0.25, 0.3) is 0 Å². The molecule has 0 saturated heterocycles. The summed E-state index contributed by atoms with van der Waals surface area (Å²) in [5, 5.41) is 17.1. The highest BCUT2D eigenvalue weighted by Crippen LogP contribution is 2.04. The molecule has 0 fully saturated rings. The van der Waals surface area contributed by atoms with Gasteiger partial charge in [0.2, 0.25) is 0 Å². The van der Waals surface area contributed by atoms with Crippen molar-refractivity contribution in [2.45, 2.75) is 12.5 Å². The first kappa shape index (κ1) is 6.22. The molecule has 1 aliphatic heterocycles. The second-order valence-corrected chi connectivity index (χ2v) is 1.88. The van der Waals surface area contributed by atoms with E-state index in [1.807, 2.05) is 0 Å². The molecule has 0 aromatic carbocycles. The maximum Gasteiger partial charge on any atom is 0.352 e. The highest BCUT2D eigenvalue weighted by molar-refractivity contribution is 6.37. The Labute approximate surface area is 51.8 Å². The summed E-state index contributed by atoms with van der Waals surface area (Å²) in [6.45, 7) is 0.433. The van der Waals surface area contributed by atoms with Gasteiger partial charge in [0.25, 0.3) is 0 Å². The SMILES string of the molecule is O=C(O)C1=NCC[C@@H]1O. The molecule has 0 aliphatic carbocycles. The summed E-state index contributed by atoms with van der Waals surface area (Å²) in [6.07, 6.45) is -0.399. The van der Waals surface area contributed by atoms with Crippen molar-refractivity contribution in [2.24, 2.45) is 4.99 Å². The van der Waals surface area contributed by atoms with E-state index in [0.29, 0.717) is 13.0 Å². The summed E-state index contributed by atoms with van der Waals surface area (Å²) in [5.41, 5.74) is -0.102. The first-order valence-electron chi connectivity index (χ1n) is 2.67. The van der Waals surface area contributed by atoms with E-state index in [-0.39, 0.29) is 5.71 Å². The Bertz CT molecular complexity index is 164. The fourth-order valence-electron chi connectivity index (χ4n) is 0.760. The summed E-state index contributed by atoms with van der Waals surface area (Å²) < 4.78 is 0. The number of nitrogens with zero attached hydrogens (tertiary/aromatic N) is 1. The van der Waals surface area contributed by atoms with E-state index >= 15 is 0 Å². The topological polar surface area (TPSA) is 69.9 Å². The number of rotatable bonds is 1. The maximum atomic E-state index is 10.1. The predicted octanol–water partition coefficient (Wildman–Crippen LogP) is -0.723. The summed E-state index contributed by atoms with van der Waals surface area (Å²) in [6, 6.07) is 0. The van der Waals surface area contributed by atoms with Crippen LogP contribution in [0.5, 0.6) is 0 Å². The van der Waals surface area contributed by atoms with E-state index in [1.165, 1.54) is 0 Å². The highest BCUT2D eigenvalue weighted by Gasteiger charge is 2.23. The normalized spacial score (nSPS) is 25.9.